The van der Waals surface area contributed by atoms with E-state index in [1.807, 2.05) is 36.4 Å². The second kappa shape index (κ2) is 7.58. The van der Waals surface area contributed by atoms with Crippen molar-refractivity contribution in [2.24, 2.45) is 0 Å². The van der Waals surface area contributed by atoms with E-state index in [2.05, 4.69) is 4.90 Å². The molecule has 3 aliphatic rings. The van der Waals surface area contributed by atoms with Gasteiger partial charge in [-0.25, -0.2) is 0 Å². The third-order valence-electron chi connectivity index (χ3n) is 5.69. The molecule has 0 radical (unpaired) electrons. The van der Waals surface area contributed by atoms with Crippen LogP contribution in [0.5, 0.6) is 23.0 Å². The van der Waals surface area contributed by atoms with E-state index in [0.29, 0.717) is 41.9 Å². The molecule has 0 aliphatic carbocycles. The number of hydrogen-bond acceptors (Lipinski definition) is 6. The lowest BCUT2D eigenvalue weighted by molar-refractivity contribution is 0.0872. The van der Waals surface area contributed by atoms with Crippen LogP contribution in [0.15, 0.2) is 60.4 Å². The highest BCUT2D eigenvalue weighted by atomic mass is 35.5. The van der Waals surface area contributed by atoms with Crippen LogP contribution in [0.4, 0.5) is 0 Å². The number of rotatable bonds is 3. The van der Waals surface area contributed by atoms with Crippen LogP contribution >= 0.6 is 11.6 Å². The predicted octanol–water partition coefficient (Wildman–Crippen LogP) is 5.04. The summed E-state index contributed by atoms with van der Waals surface area (Å²) >= 11 is 5.96. The van der Waals surface area contributed by atoms with Gasteiger partial charge in [0.15, 0.2) is 17.3 Å². The minimum absolute atomic E-state index is 0.134. The Kier molecular flexibility index (Phi) is 4.56. The number of Topliss-reactive ketones (excluding diaryl/α,β-unsaturated/α-hetero) is 1. The molecule has 0 bridgehead atoms. The summed E-state index contributed by atoms with van der Waals surface area (Å²) in [7, 11) is 0. The zero-order chi connectivity index (χ0) is 21.7. The molecule has 7 heteroatoms. The SMILES string of the molecule is O=C1/C(=C/c2ccc(Cl)cc2)Oc2c1ccc1c2CN(Cc2ccc3c(c2)OCO3)CO1. The van der Waals surface area contributed by atoms with Crippen LogP contribution < -0.4 is 18.9 Å². The van der Waals surface area contributed by atoms with Crippen LogP contribution in [0.2, 0.25) is 5.02 Å². The molecule has 160 valence electrons. The largest absolute Gasteiger partial charge is 0.478 e. The van der Waals surface area contributed by atoms with Gasteiger partial charge >= 0.3 is 0 Å². The van der Waals surface area contributed by atoms with Crippen LogP contribution in [0, 0.1) is 0 Å². The number of carbonyl (C=O) groups excluding carboxylic acids is 1. The van der Waals surface area contributed by atoms with Gasteiger partial charge in [0.25, 0.3) is 0 Å². The third-order valence-corrected chi connectivity index (χ3v) is 5.95. The molecule has 0 fully saturated rings. The smallest absolute Gasteiger partial charge is 0.231 e. The van der Waals surface area contributed by atoms with Crippen LogP contribution in [0.1, 0.15) is 27.0 Å². The van der Waals surface area contributed by atoms with E-state index in [1.54, 1.807) is 24.3 Å². The zero-order valence-corrected chi connectivity index (χ0v) is 17.7. The monoisotopic (exact) mass is 447 g/mol. The first kappa shape index (κ1) is 19.2. The van der Waals surface area contributed by atoms with Crippen molar-refractivity contribution in [3.63, 3.8) is 0 Å². The average molecular weight is 448 g/mol. The van der Waals surface area contributed by atoms with Crippen molar-refractivity contribution in [2.45, 2.75) is 13.1 Å². The summed E-state index contributed by atoms with van der Waals surface area (Å²) in [5.74, 6) is 3.00. The molecule has 0 aromatic heterocycles. The lowest BCUT2D eigenvalue weighted by atomic mass is 10.0. The molecule has 6 nitrogen and oxygen atoms in total. The standard InChI is InChI=1S/C25H18ClNO5/c26-17-4-1-15(2-5-17)9-23-24(28)18-6-8-20-19(25(18)32-23)12-27(13-29-20)11-16-3-7-21-22(10-16)31-14-30-21/h1-10H,11-14H2/b23-9-. The minimum atomic E-state index is -0.134. The van der Waals surface area contributed by atoms with Gasteiger partial charge in [0.2, 0.25) is 12.6 Å². The number of benzene rings is 3. The first-order chi connectivity index (χ1) is 15.6. The van der Waals surface area contributed by atoms with Crippen molar-refractivity contribution in [3.05, 3.63) is 87.6 Å². The summed E-state index contributed by atoms with van der Waals surface area (Å²) < 4.78 is 22.9. The fourth-order valence-corrected chi connectivity index (χ4v) is 4.24. The molecule has 0 unspecified atom stereocenters. The van der Waals surface area contributed by atoms with Crippen molar-refractivity contribution in [1.82, 2.24) is 4.90 Å². The van der Waals surface area contributed by atoms with Crippen LogP contribution in [0.25, 0.3) is 6.08 Å². The lowest BCUT2D eigenvalue weighted by Crippen LogP contribution is -2.31. The van der Waals surface area contributed by atoms with Gasteiger partial charge in [-0.2, -0.15) is 0 Å². The molecular weight excluding hydrogens is 430 g/mol. The summed E-state index contributed by atoms with van der Waals surface area (Å²) in [6, 6.07) is 16.8. The molecule has 0 saturated carbocycles. The Balaban J connectivity index is 1.26. The Labute approximate surface area is 189 Å². The van der Waals surface area contributed by atoms with E-state index in [4.69, 9.17) is 30.5 Å². The van der Waals surface area contributed by atoms with E-state index in [1.165, 1.54) is 0 Å². The Bertz CT molecular complexity index is 1270. The second-order valence-corrected chi connectivity index (χ2v) is 8.29. The maximum Gasteiger partial charge on any atom is 0.231 e. The lowest BCUT2D eigenvalue weighted by Gasteiger charge is -2.29. The molecule has 3 aromatic rings. The van der Waals surface area contributed by atoms with Gasteiger partial charge in [-0.05, 0) is 53.6 Å². The number of nitrogens with zero attached hydrogens (tertiary/aromatic N) is 1. The molecule has 0 saturated heterocycles. The van der Waals surface area contributed by atoms with E-state index in [9.17, 15) is 4.79 Å². The Morgan fingerprint density at radius 2 is 1.75 bits per heavy atom. The zero-order valence-electron chi connectivity index (χ0n) is 17.0. The Morgan fingerprint density at radius 1 is 0.938 bits per heavy atom. The second-order valence-electron chi connectivity index (χ2n) is 7.86. The van der Waals surface area contributed by atoms with Gasteiger partial charge in [-0.1, -0.05) is 29.8 Å². The van der Waals surface area contributed by atoms with Crippen molar-refractivity contribution < 1.29 is 23.7 Å². The highest BCUT2D eigenvalue weighted by molar-refractivity contribution is 6.30. The van der Waals surface area contributed by atoms with Crippen LogP contribution in [-0.2, 0) is 13.1 Å². The van der Waals surface area contributed by atoms with Crippen molar-refractivity contribution in [1.29, 1.82) is 0 Å². The number of carbonyl (C=O) groups is 1. The topological polar surface area (TPSA) is 57.2 Å². The fraction of sp³-hybridized carbons (Fsp3) is 0.160. The number of ether oxygens (including phenoxy) is 4. The number of hydrogen-bond donors (Lipinski definition) is 0. The van der Waals surface area contributed by atoms with Gasteiger partial charge in [0.05, 0.1) is 11.1 Å². The van der Waals surface area contributed by atoms with E-state index in [-0.39, 0.29) is 12.6 Å². The average Bonchev–Trinajstić information content (AvgIpc) is 3.40. The molecule has 32 heavy (non-hydrogen) atoms. The highest BCUT2D eigenvalue weighted by Gasteiger charge is 2.33. The van der Waals surface area contributed by atoms with E-state index in [0.717, 1.165) is 33.9 Å². The summed E-state index contributed by atoms with van der Waals surface area (Å²) in [6.45, 7) is 1.97. The molecule has 3 heterocycles. The third kappa shape index (κ3) is 3.38. The maximum atomic E-state index is 12.9. The van der Waals surface area contributed by atoms with E-state index < -0.39 is 0 Å². The quantitative estimate of drug-likeness (QED) is 0.524. The molecule has 0 atom stereocenters. The fourth-order valence-electron chi connectivity index (χ4n) is 4.11. The first-order valence-corrected chi connectivity index (χ1v) is 10.6. The molecule has 0 spiro atoms. The summed E-state index contributed by atoms with van der Waals surface area (Å²) in [6.07, 6.45) is 1.74. The molecule has 3 aromatic carbocycles. The van der Waals surface area contributed by atoms with Gasteiger partial charge in [-0.15, -0.1) is 0 Å². The van der Waals surface area contributed by atoms with Gasteiger partial charge in [0, 0.05) is 18.1 Å². The number of ketones is 1. The van der Waals surface area contributed by atoms with Crippen molar-refractivity contribution >= 4 is 23.5 Å². The summed E-state index contributed by atoms with van der Waals surface area (Å²) in [5, 5.41) is 0.642. The normalized spacial score (nSPS) is 17.7. The molecular formula is C25H18ClNO5. The van der Waals surface area contributed by atoms with Crippen molar-refractivity contribution in [2.75, 3.05) is 13.5 Å². The summed E-state index contributed by atoms with van der Waals surface area (Å²) in [5.41, 5.74) is 3.37. The number of allylic oxidation sites excluding steroid dienone is 1. The highest BCUT2D eigenvalue weighted by Crippen LogP contribution is 2.42. The maximum absolute atomic E-state index is 12.9. The van der Waals surface area contributed by atoms with E-state index >= 15 is 0 Å². The molecule has 0 N–H and O–H groups in total. The first-order valence-electron chi connectivity index (χ1n) is 10.2. The Morgan fingerprint density at radius 3 is 2.62 bits per heavy atom. The van der Waals surface area contributed by atoms with Crippen LogP contribution in [0.3, 0.4) is 0 Å². The molecule has 3 aliphatic heterocycles. The number of halogens is 1. The van der Waals surface area contributed by atoms with Gasteiger partial charge in [0.1, 0.15) is 18.2 Å². The predicted molar refractivity (Wildman–Crippen MR) is 118 cm³/mol. The minimum Gasteiger partial charge on any atom is -0.478 e. The van der Waals surface area contributed by atoms with Crippen LogP contribution in [-0.4, -0.2) is 24.2 Å². The van der Waals surface area contributed by atoms with Gasteiger partial charge < -0.3 is 18.9 Å². The molecule has 6 rings (SSSR count). The molecule has 0 amide bonds. The summed E-state index contributed by atoms with van der Waals surface area (Å²) in [4.78, 5) is 15.1. The number of fused-ring (bicyclic) bond motifs is 4. The van der Waals surface area contributed by atoms with Crippen molar-refractivity contribution in [3.8, 4) is 23.0 Å². The Hall–Kier alpha value is -3.48. The van der Waals surface area contributed by atoms with Gasteiger partial charge in [-0.3, -0.25) is 9.69 Å².